The van der Waals surface area contributed by atoms with E-state index >= 15 is 0 Å². The summed E-state index contributed by atoms with van der Waals surface area (Å²) >= 11 is 0. The van der Waals surface area contributed by atoms with E-state index in [1.165, 1.54) is 0 Å². The standard InChI is InChI=1S/C18H15O3P/c19-22(20)21-17-13-7-12-16(14-8-3-1-4-9-14)18(17)15-10-5-2-6-11-15/h1-13,22H,(H,19,20). The molecule has 3 nitrogen and oxygen atoms in total. The van der Waals surface area contributed by atoms with Gasteiger partial charge < -0.3 is 9.42 Å². The third kappa shape index (κ3) is 3.11. The van der Waals surface area contributed by atoms with Crippen LogP contribution in [0.5, 0.6) is 5.75 Å². The van der Waals surface area contributed by atoms with Gasteiger partial charge in [-0.25, -0.2) is 4.57 Å². The van der Waals surface area contributed by atoms with Crippen LogP contribution in [0.4, 0.5) is 0 Å². The van der Waals surface area contributed by atoms with Crippen molar-refractivity contribution in [2.24, 2.45) is 0 Å². The van der Waals surface area contributed by atoms with Crippen LogP contribution in [0.3, 0.4) is 0 Å². The summed E-state index contributed by atoms with van der Waals surface area (Å²) in [5, 5.41) is 0. The second-order valence-electron chi connectivity index (χ2n) is 4.78. The Morgan fingerprint density at radius 2 is 1.32 bits per heavy atom. The van der Waals surface area contributed by atoms with Crippen LogP contribution in [0.15, 0.2) is 78.9 Å². The van der Waals surface area contributed by atoms with Crippen LogP contribution < -0.4 is 4.52 Å². The van der Waals surface area contributed by atoms with Crippen molar-refractivity contribution in [3.63, 3.8) is 0 Å². The monoisotopic (exact) mass is 310 g/mol. The summed E-state index contributed by atoms with van der Waals surface area (Å²) in [5.41, 5.74) is 3.76. The largest absolute Gasteiger partial charge is 0.426 e. The molecule has 0 aromatic heterocycles. The molecule has 0 aliphatic carbocycles. The molecule has 3 aromatic rings. The Hall–Kier alpha value is -2.35. The molecule has 1 unspecified atom stereocenters. The molecule has 1 atom stereocenters. The third-order valence-corrected chi connectivity index (χ3v) is 3.77. The van der Waals surface area contributed by atoms with Gasteiger partial charge in [0.2, 0.25) is 0 Å². The van der Waals surface area contributed by atoms with Crippen LogP contribution in [0.25, 0.3) is 22.3 Å². The van der Waals surface area contributed by atoms with Gasteiger partial charge in [0.15, 0.2) is 0 Å². The number of hydrogen-bond acceptors (Lipinski definition) is 2. The predicted molar refractivity (Wildman–Crippen MR) is 89.2 cm³/mol. The van der Waals surface area contributed by atoms with Crippen molar-refractivity contribution in [1.29, 1.82) is 0 Å². The predicted octanol–water partition coefficient (Wildman–Crippen LogP) is 4.78. The van der Waals surface area contributed by atoms with E-state index in [0.717, 1.165) is 22.3 Å². The number of benzene rings is 3. The highest BCUT2D eigenvalue weighted by Gasteiger charge is 2.14. The fourth-order valence-electron chi connectivity index (χ4n) is 2.47. The summed E-state index contributed by atoms with van der Waals surface area (Å²) in [5.74, 6) is 0.416. The Balaban J connectivity index is 2.24. The molecule has 0 saturated carbocycles. The van der Waals surface area contributed by atoms with E-state index in [4.69, 9.17) is 9.42 Å². The molecule has 0 amide bonds. The minimum atomic E-state index is -3.06. The van der Waals surface area contributed by atoms with Crippen LogP contribution in [-0.4, -0.2) is 4.89 Å². The molecule has 0 aliphatic heterocycles. The van der Waals surface area contributed by atoms with E-state index in [-0.39, 0.29) is 0 Å². The highest BCUT2D eigenvalue weighted by Crippen LogP contribution is 2.41. The topological polar surface area (TPSA) is 46.5 Å². The minimum Gasteiger partial charge on any atom is -0.426 e. The van der Waals surface area contributed by atoms with Crippen molar-refractivity contribution in [1.82, 2.24) is 0 Å². The van der Waals surface area contributed by atoms with Crippen molar-refractivity contribution in [3.8, 4) is 28.0 Å². The molecule has 3 rings (SSSR count). The van der Waals surface area contributed by atoms with E-state index in [9.17, 15) is 4.57 Å². The summed E-state index contributed by atoms with van der Waals surface area (Å²) in [6.45, 7) is 0. The molecule has 110 valence electrons. The van der Waals surface area contributed by atoms with Gasteiger partial charge >= 0.3 is 8.25 Å². The maximum atomic E-state index is 11.2. The second-order valence-corrected chi connectivity index (χ2v) is 5.51. The zero-order chi connectivity index (χ0) is 15.4. The average molecular weight is 310 g/mol. The maximum Gasteiger partial charge on any atom is 0.365 e. The quantitative estimate of drug-likeness (QED) is 0.705. The van der Waals surface area contributed by atoms with E-state index < -0.39 is 8.25 Å². The molecule has 0 fully saturated rings. The van der Waals surface area contributed by atoms with Crippen molar-refractivity contribution in [2.45, 2.75) is 0 Å². The summed E-state index contributed by atoms with van der Waals surface area (Å²) in [6, 6.07) is 25.2. The van der Waals surface area contributed by atoms with Gasteiger partial charge in [0, 0.05) is 5.56 Å². The van der Waals surface area contributed by atoms with Gasteiger partial charge in [0.05, 0.1) is 0 Å². The molecule has 0 saturated heterocycles. The van der Waals surface area contributed by atoms with Crippen LogP contribution in [0.2, 0.25) is 0 Å². The first kappa shape index (κ1) is 14.6. The molecule has 4 heteroatoms. The fraction of sp³-hybridized carbons (Fsp3) is 0. The van der Waals surface area contributed by atoms with Gasteiger partial charge in [-0.3, -0.25) is 0 Å². The van der Waals surface area contributed by atoms with E-state index in [1.807, 2.05) is 72.8 Å². The molecule has 0 radical (unpaired) electrons. The fourth-order valence-corrected chi connectivity index (χ4v) is 2.83. The molecule has 0 bridgehead atoms. The van der Waals surface area contributed by atoms with Gasteiger partial charge in [0.1, 0.15) is 5.75 Å². The average Bonchev–Trinajstić information content (AvgIpc) is 2.56. The van der Waals surface area contributed by atoms with Gasteiger partial charge in [-0.05, 0) is 22.8 Å². The van der Waals surface area contributed by atoms with E-state index in [1.54, 1.807) is 6.07 Å². The normalized spacial score (nSPS) is 11.9. The minimum absolute atomic E-state index is 0.416. The first-order valence-corrected chi connectivity index (χ1v) is 8.17. The Kier molecular flexibility index (Phi) is 4.38. The Bertz CT molecular complexity index is 786. The third-order valence-electron chi connectivity index (χ3n) is 3.37. The van der Waals surface area contributed by atoms with E-state index in [0.29, 0.717) is 5.75 Å². The van der Waals surface area contributed by atoms with Gasteiger partial charge in [-0.1, -0.05) is 72.8 Å². The Morgan fingerprint density at radius 1 is 0.727 bits per heavy atom. The second kappa shape index (κ2) is 6.61. The van der Waals surface area contributed by atoms with Crippen molar-refractivity contribution < 1.29 is 14.0 Å². The molecule has 0 spiro atoms. The summed E-state index contributed by atoms with van der Waals surface area (Å²) in [6.07, 6.45) is 0. The first-order valence-electron chi connectivity index (χ1n) is 6.90. The maximum absolute atomic E-state index is 11.2. The summed E-state index contributed by atoms with van der Waals surface area (Å²) in [4.78, 5) is 9.16. The lowest BCUT2D eigenvalue weighted by Gasteiger charge is -2.15. The molecule has 0 heterocycles. The van der Waals surface area contributed by atoms with Crippen molar-refractivity contribution in [3.05, 3.63) is 78.9 Å². The highest BCUT2D eigenvalue weighted by atomic mass is 31.1. The van der Waals surface area contributed by atoms with Gasteiger partial charge in [0.25, 0.3) is 0 Å². The number of hydrogen-bond donors (Lipinski definition) is 1. The zero-order valence-corrected chi connectivity index (χ0v) is 12.8. The van der Waals surface area contributed by atoms with Gasteiger partial charge in [-0.2, -0.15) is 0 Å². The van der Waals surface area contributed by atoms with E-state index in [2.05, 4.69) is 0 Å². The van der Waals surface area contributed by atoms with Crippen LogP contribution >= 0.6 is 8.25 Å². The zero-order valence-electron chi connectivity index (χ0n) is 11.8. The molecule has 0 aliphatic rings. The molecule has 1 N–H and O–H groups in total. The SMILES string of the molecule is O=[PH](O)Oc1cccc(-c2ccccc2)c1-c1ccccc1. The molecule has 3 aromatic carbocycles. The summed E-state index contributed by atoms with van der Waals surface area (Å²) < 4.78 is 16.3. The lowest BCUT2D eigenvalue weighted by Crippen LogP contribution is -1.90. The Morgan fingerprint density at radius 3 is 1.91 bits per heavy atom. The Labute approximate surface area is 129 Å². The lowest BCUT2D eigenvalue weighted by molar-refractivity contribution is 0.411. The number of rotatable bonds is 4. The van der Waals surface area contributed by atoms with Crippen molar-refractivity contribution in [2.75, 3.05) is 0 Å². The van der Waals surface area contributed by atoms with Gasteiger partial charge in [-0.15, -0.1) is 0 Å². The molecular formula is C18H15O3P. The van der Waals surface area contributed by atoms with Crippen LogP contribution in [0, 0.1) is 0 Å². The first-order chi connectivity index (χ1) is 10.8. The smallest absolute Gasteiger partial charge is 0.365 e. The summed E-state index contributed by atoms with van der Waals surface area (Å²) in [7, 11) is -3.06. The van der Waals surface area contributed by atoms with Crippen molar-refractivity contribution >= 4 is 8.25 Å². The molecule has 22 heavy (non-hydrogen) atoms. The molecular weight excluding hydrogens is 295 g/mol. The lowest BCUT2D eigenvalue weighted by atomic mass is 9.94. The van der Waals surface area contributed by atoms with Crippen LogP contribution in [-0.2, 0) is 4.57 Å². The highest BCUT2D eigenvalue weighted by molar-refractivity contribution is 7.32. The van der Waals surface area contributed by atoms with Crippen LogP contribution in [0.1, 0.15) is 0 Å².